The van der Waals surface area contributed by atoms with Gasteiger partial charge in [-0.25, -0.2) is 14.9 Å². The van der Waals surface area contributed by atoms with Crippen molar-refractivity contribution in [3.05, 3.63) is 48.2 Å². The standard InChI is InChI=1S/C22H21N3O4S/c1-4-29-15-7-5-14(6-8-15)25-20(26)12-19(21(25)27)30-22-23-13(2)17-11-16(28-3)9-10-18(17)24-22/h5-11,19H,4,12H2,1-3H3/t19-/m0/s1. The molecule has 4 rings (SSSR count). The molecule has 2 heterocycles. The van der Waals surface area contributed by atoms with Crippen LogP contribution in [0.15, 0.2) is 47.6 Å². The van der Waals surface area contributed by atoms with E-state index in [0.29, 0.717) is 23.2 Å². The molecular weight excluding hydrogens is 402 g/mol. The van der Waals surface area contributed by atoms with Crippen LogP contribution in [-0.4, -0.2) is 40.7 Å². The maximum absolute atomic E-state index is 12.9. The molecule has 0 radical (unpaired) electrons. The van der Waals surface area contributed by atoms with Gasteiger partial charge in [-0.05, 0) is 56.3 Å². The Kier molecular flexibility index (Phi) is 5.59. The minimum Gasteiger partial charge on any atom is -0.497 e. The molecule has 0 saturated carbocycles. The minimum absolute atomic E-state index is 0.111. The third kappa shape index (κ3) is 3.82. The van der Waals surface area contributed by atoms with Crippen LogP contribution in [0.5, 0.6) is 11.5 Å². The van der Waals surface area contributed by atoms with E-state index in [-0.39, 0.29) is 18.2 Å². The van der Waals surface area contributed by atoms with Gasteiger partial charge in [0.25, 0.3) is 0 Å². The van der Waals surface area contributed by atoms with Crippen molar-refractivity contribution in [2.45, 2.75) is 30.7 Å². The van der Waals surface area contributed by atoms with E-state index in [4.69, 9.17) is 9.47 Å². The van der Waals surface area contributed by atoms with Crippen molar-refractivity contribution in [2.75, 3.05) is 18.6 Å². The Balaban J connectivity index is 1.55. The van der Waals surface area contributed by atoms with Crippen LogP contribution in [0.4, 0.5) is 5.69 Å². The van der Waals surface area contributed by atoms with Gasteiger partial charge in [0.15, 0.2) is 5.16 Å². The number of hydrogen-bond donors (Lipinski definition) is 0. The lowest BCUT2D eigenvalue weighted by Crippen LogP contribution is -2.31. The Hall–Kier alpha value is -3.13. The predicted octanol–water partition coefficient (Wildman–Crippen LogP) is 3.77. The van der Waals surface area contributed by atoms with Crippen LogP contribution in [0.2, 0.25) is 0 Å². The normalized spacial score (nSPS) is 16.4. The number of carbonyl (C=O) groups is 2. The van der Waals surface area contributed by atoms with E-state index < -0.39 is 5.25 Å². The van der Waals surface area contributed by atoms with Gasteiger partial charge in [0.1, 0.15) is 16.7 Å². The molecule has 3 aromatic rings. The van der Waals surface area contributed by atoms with E-state index in [1.807, 2.05) is 32.0 Å². The van der Waals surface area contributed by atoms with Crippen molar-refractivity contribution in [2.24, 2.45) is 0 Å². The number of thioether (sulfide) groups is 1. The van der Waals surface area contributed by atoms with Crippen LogP contribution < -0.4 is 14.4 Å². The third-order valence-electron chi connectivity index (χ3n) is 4.83. The first kappa shape index (κ1) is 20.2. The third-order valence-corrected chi connectivity index (χ3v) is 5.88. The van der Waals surface area contributed by atoms with E-state index in [9.17, 15) is 9.59 Å². The number of anilines is 1. The fourth-order valence-electron chi connectivity index (χ4n) is 3.37. The van der Waals surface area contributed by atoms with E-state index in [2.05, 4.69) is 9.97 Å². The van der Waals surface area contributed by atoms with E-state index in [0.717, 1.165) is 22.3 Å². The zero-order valence-corrected chi connectivity index (χ0v) is 17.7. The summed E-state index contributed by atoms with van der Waals surface area (Å²) in [6.07, 6.45) is 0.111. The van der Waals surface area contributed by atoms with Gasteiger partial charge in [0.05, 0.1) is 24.9 Å². The van der Waals surface area contributed by atoms with Crippen LogP contribution >= 0.6 is 11.8 Å². The molecule has 0 N–H and O–H groups in total. The largest absolute Gasteiger partial charge is 0.497 e. The van der Waals surface area contributed by atoms with Gasteiger partial charge in [0, 0.05) is 17.5 Å². The van der Waals surface area contributed by atoms with E-state index >= 15 is 0 Å². The van der Waals surface area contributed by atoms with E-state index in [1.54, 1.807) is 31.4 Å². The van der Waals surface area contributed by atoms with Gasteiger partial charge >= 0.3 is 0 Å². The lowest BCUT2D eigenvalue weighted by atomic mass is 10.2. The summed E-state index contributed by atoms with van der Waals surface area (Å²) in [5, 5.41) is 0.813. The maximum atomic E-state index is 12.9. The topological polar surface area (TPSA) is 81.6 Å². The quantitative estimate of drug-likeness (QED) is 0.441. The lowest BCUT2D eigenvalue weighted by molar-refractivity contribution is -0.121. The number of ether oxygens (including phenoxy) is 2. The summed E-state index contributed by atoms with van der Waals surface area (Å²) >= 11 is 1.22. The number of methoxy groups -OCH3 is 1. The number of imide groups is 1. The molecule has 1 aliphatic heterocycles. The molecule has 0 bridgehead atoms. The summed E-state index contributed by atoms with van der Waals surface area (Å²) < 4.78 is 10.7. The number of rotatable bonds is 6. The average molecular weight is 423 g/mol. The van der Waals surface area contributed by atoms with Crippen LogP contribution in [-0.2, 0) is 9.59 Å². The summed E-state index contributed by atoms with van der Waals surface area (Å²) in [4.78, 5) is 35.8. The van der Waals surface area contributed by atoms with E-state index in [1.165, 1.54) is 16.7 Å². The van der Waals surface area contributed by atoms with Crippen LogP contribution in [0, 0.1) is 6.92 Å². The highest BCUT2D eigenvalue weighted by Gasteiger charge is 2.40. The summed E-state index contributed by atoms with van der Waals surface area (Å²) in [6, 6.07) is 12.5. The van der Waals surface area contributed by atoms with Crippen molar-refractivity contribution in [1.29, 1.82) is 0 Å². The predicted molar refractivity (Wildman–Crippen MR) is 115 cm³/mol. The smallest absolute Gasteiger partial charge is 0.247 e. The molecule has 154 valence electrons. The monoisotopic (exact) mass is 423 g/mol. The van der Waals surface area contributed by atoms with Gasteiger partial charge in [0.2, 0.25) is 11.8 Å². The lowest BCUT2D eigenvalue weighted by Gasteiger charge is -2.15. The molecule has 1 saturated heterocycles. The van der Waals surface area contributed by atoms with Crippen molar-refractivity contribution < 1.29 is 19.1 Å². The van der Waals surface area contributed by atoms with Gasteiger partial charge < -0.3 is 9.47 Å². The number of aromatic nitrogens is 2. The highest BCUT2D eigenvalue weighted by molar-refractivity contribution is 8.00. The molecule has 0 unspecified atom stereocenters. The molecule has 0 spiro atoms. The summed E-state index contributed by atoms with van der Waals surface area (Å²) in [5.74, 6) is 0.939. The number of benzene rings is 2. The molecule has 0 aliphatic carbocycles. The maximum Gasteiger partial charge on any atom is 0.247 e. The minimum atomic E-state index is -0.556. The van der Waals surface area contributed by atoms with Crippen LogP contribution in [0.3, 0.4) is 0 Å². The van der Waals surface area contributed by atoms with Crippen molar-refractivity contribution in [1.82, 2.24) is 9.97 Å². The SMILES string of the molecule is CCOc1ccc(N2C(=O)C[C@H](Sc3nc(C)c4cc(OC)ccc4n3)C2=O)cc1. The summed E-state index contributed by atoms with van der Waals surface area (Å²) in [6.45, 7) is 4.34. The van der Waals surface area contributed by atoms with Crippen molar-refractivity contribution >= 4 is 40.2 Å². The van der Waals surface area contributed by atoms with Crippen LogP contribution in [0.25, 0.3) is 10.9 Å². The molecule has 1 aromatic heterocycles. The number of fused-ring (bicyclic) bond motifs is 1. The van der Waals surface area contributed by atoms with Gasteiger partial charge in [-0.3, -0.25) is 9.59 Å². The Morgan fingerprint density at radius 1 is 1.10 bits per heavy atom. The second-order valence-electron chi connectivity index (χ2n) is 6.78. The molecular formula is C22H21N3O4S. The van der Waals surface area contributed by atoms with Crippen molar-refractivity contribution in [3.8, 4) is 11.5 Å². The average Bonchev–Trinajstić information content (AvgIpc) is 3.01. The Morgan fingerprint density at radius 3 is 2.53 bits per heavy atom. The molecule has 30 heavy (non-hydrogen) atoms. The van der Waals surface area contributed by atoms with Crippen LogP contribution in [0.1, 0.15) is 19.0 Å². The Labute approximate surface area is 178 Å². The fraction of sp³-hybridized carbons (Fsp3) is 0.273. The molecule has 1 atom stereocenters. The highest BCUT2D eigenvalue weighted by Crippen LogP contribution is 2.34. The summed E-state index contributed by atoms with van der Waals surface area (Å²) in [5.41, 5.74) is 2.10. The molecule has 1 aliphatic rings. The van der Waals surface area contributed by atoms with Crippen molar-refractivity contribution in [3.63, 3.8) is 0 Å². The molecule has 1 fully saturated rings. The van der Waals surface area contributed by atoms with Gasteiger partial charge in [-0.2, -0.15) is 0 Å². The number of amides is 2. The zero-order chi connectivity index (χ0) is 21.3. The molecule has 2 amide bonds. The number of carbonyl (C=O) groups excluding carboxylic acids is 2. The number of hydrogen-bond acceptors (Lipinski definition) is 7. The first-order chi connectivity index (χ1) is 14.5. The summed E-state index contributed by atoms with van der Waals surface area (Å²) in [7, 11) is 1.61. The number of nitrogens with zero attached hydrogens (tertiary/aromatic N) is 3. The Bertz CT molecular complexity index is 1120. The fourth-order valence-corrected chi connectivity index (χ4v) is 4.39. The Morgan fingerprint density at radius 2 is 1.83 bits per heavy atom. The molecule has 7 nitrogen and oxygen atoms in total. The van der Waals surface area contributed by atoms with Gasteiger partial charge in [-0.1, -0.05) is 11.8 Å². The number of aryl methyl sites for hydroxylation is 1. The second kappa shape index (κ2) is 8.31. The van der Waals surface area contributed by atoms with Gasteiger partial charge in [-0.15, -0.1) is 0 Å². The molecule has 8 heteroatoms. The second-order valence-corrected chi connectivity index (χ2v) is 7.95. The zero-order valence-electron chi connectivity index (χ0n) is 16.9. The highest BCUT2D eigenvalue weighted by atomic mass is 32.2. The first-order valence-corrected chi connectivity index (χ1v) is 10.5. The first-order valence-electron chi connectivity index (χ1n) is 9.59. The molecule has 2 aromatic carbocycles.